The second-order valence-corrected chi connectivity index (χ2v) is 2.37. The first-order valence-corrected chi connectivity index (χ1v) is 3.58. The van der Waals surface area contributed by atoms with Crippen LogP contribution in [0.4, 0.5) is 0 Å². The lowest BCUT2D eigenvalue weighted by Crippen LogP contribution is -2.11. The third-order valence-electron chi connectivity index (χ3n) is 1.49. The van der Waals surface area contributed by atoms with Gasteiger partial charge in [0.15, 0.2) is 0 Å². The fourth-order valence-corrected chi connectivity index (χ4v) is 0.925. The van der Waals surface area contributed by atoms with Crippen molar-refractivity contribution in [1.29, 1.82) is 0 Å². The molecule has 0 spiro atoms. The van der Waals surface area contributed by atoms with Crippen LogP contribution in [0.5, 0.6) is 0 Å². The molecule has 0 saturated heterocycles. The van der Waals surface area contributed by atoms with Gasteiger partial charge in [-0.3, -0.25) is 0 Å². The van der Waals surface area contributed by atoms with Gasteiger partial charge in [-0.1, -0.05) is 12.7 Å². The van der Waals surface area contributed by atoms with E-state index in [-0.39, 0.29) is 0 Å². The van der Waals surface area contributed by atoms with Crippen molar-refractivity contribution in [2.45, 2.75) is 13.8 Å². The molecule has 1 aliphatic rings. The van der Waals surface area contributed by atoms with Crippen LogP contribution >= 0.6 is 0 Å². The Labute approximate surface area is 67.2 Å². The molecule has 1 aliphatic heterocycles. The van der Waals surface area contributed by atoms with Gasteiger partial charge < -0.3 is 0 Å². The van der Waals surface area contributed by atoms with Crippen molar-refractivity contribution in [3.63, 3.8) is 0 Å². The normalized spacial score (nSPS) is 20.4. The summed E-state index contributed by atoms with van der Waals surface area (Å²) >= 11 is 0. The summed E-state index contributed by atoms with van der Waals surface area (Å²) in [4.78, 5) is 0. The van der Waals surface area contributed by atoms with E-state index in [1.54, 1.807) is 11.2 Å². The van der Waals surface area contributed by atoms with Gasteiger partial charge in [-0.05, 0) is 25.5 Å². The van der Waals surface area contributed by atoms with Gasteiger partial charge in [0.2, 0.25) is 0 Å². The lowest BCUT2D eigenvalue weighted by atomic mass is 10.2. The molecule has 0 unspecified atom stereocenters. The first-order valence-electron chi connectivity index (χ1n) is 3.58. The molecule has 2 nitrogen and oxygen atoms in total. The number of rotatable bonds is 1. The van der Waals surface area contributed by atoms with Crippen molar-refractivity contribution >= 4 is 6.21 Å². The number of hydrogen-bond acceptors (Lipinski definition) is 2. The molecular weight excluding hydrogens is 136 g/mol. The van der Waals surface area contributed by atoms with Crippen LogP contribution in [0.2, 0.25) is 0 Å². The van der Waals surface area contributed by atoms with E-state index >= 15 is 0 Å². The molecule has 1 rings (SSSR count). The summed E-state index contributed by atoms with van der Waals surface area (Å²) in [7, 11) is 0. The topological polar surface area (TPSA) is 15.6 Å². The molecule has 0 amide bonds. The molecule has 58 valence electrons. The van der Waals surface area contributed by atoms with Crippen LogP contribution in [0.15, 0.2) is 41.3 Å². The zero-order chi connectivity index (χ0) is 8.27. The third-order valence-corrected chi connectivity index (χ3v) is 1.49. The maximum absolute atomic E-state index is 4.13. The van der Waals surface area contributed by atoms with E-state index in [0.29, 0.717) is 0 Å². The van der Waals surface area contributed by atoms with Crippen LogP contribution in [-0.2, 0) is 0 Å². The Balaban J connectivity index is 2.92. The third kappa shape index (κ3) is 1.58. The van der Waals surface area contributed by atoms with E-state index in [1.807, 2.05) is 26.1 Å². The Hall–Kier alpha value is -1.31. The predicted octanol–water partition coefficient (Wildman–Crippen LogP) is 2.28. The highest BCUT2D eigenvalue weighted by Crippen LogP contribution is 2.13. The monoisotopic (exact) mass is 148 g/mol. The average molecular weight is 148 g/mol. The predicted molar refractivity (Wildman–Crippen MR) is 48.0 cm³/mol. The van der Waals surface area contributed by atoms with Gasteiger partial charge >= 0.3 is 0 Å². The first kappa shape index (κ1) is 7.79. The zero-order valence-electron chi connectivity index (χ0n) is 6.91. The maximum atomic E-state index is 4.13. The van der Waals surface area contributed by atoms with Crippen molar-refractivity contribution in [2.24, 2.45) is 5.10 Å². The zero-order valence-corrected chi connectivity index (χ0v) is 6.91. The van der Waals surface area contributed by atoms with Gasteiger partial charge in [-0.15, -0.1) is 0 Å². The van der Waals surface area contributed by atoms with Crippen LogP contribution in [0, 0.1) is 0 Å². The van der Waals surface area contributed by atoms with E-state index in [4.69, 9.17) is 0 Å². The molecule has 0 aromatic carbocycles. The fraction of sp³-hybridized carbons (Fsp3) is 0.222. The van der Waals surface area contributed by atoms with Gasteiger partial charge in [0.1, 0.15) is 0 Å². The number of hydrogen-bond donors (Lipinski definition) is 0. The lowest BCUT2D eigenvalue weighted by molar-refractivity contribution is 0.512. The molecule has 0 saturated carbocycles. The van der Waals surface area contributed by atoms with Crippen molar-refractivity contribution in [3.05, 3.63) is 36.2 Å². The Morgan fingerprint density at radius 3 is 2.91 bits per heavy atom. The van der Waals surface area contributed by atoms with E-state index in [2.05, 4.69) is 17.8 Å². The number of nitrogens with zero attached hydrogens (tertiary/aromatic N) is 2. The van der Waals surface area contributed by atoms with Crippen LogP contribution in [0.1, 0.15) is 13.8 Å². The van der Waals surface area contributed by atoms with E-state index in [0.717, 1.165) is 11.3 Å². The average Bonchev–Trinajstić information content (AvgIpc) is 2.04. The Morgan fingerprint density at radius 2 is 2.36 bits per heavy atom. The van der Waals surface area contributed by atoms with E-state index < -0.39 is 0 Å². The largest absolute Gasteiger partial charge is 0.242 e. The summed E-state index contributed by atoms with van der Waals surface area (Å²) in [6.07, 6.45) is 7.57. The number of hydrazone groups is 1. The smallest absolute Gasteiger partial charge is 0.0605 e. The van der Waals surface area contributed by atoms with E-state index in [1.165, 1.54) is 0 Å². The minimum absolute atomic E-state index is 1.07. The fourth-order valence-electron chi connectivity index (χ4n) is 0.925. The van der Waals surface area contributed by atoms with Gasteiger partial charge in [-0.25, -0.2) is 5.01 Å². The van der Waals surface area contributed by atoms with Crippen molar-refractivity contribution in [1.82, 2.24) is 5.01 Å². The molecule has 0 radical (unpaired) electrons. The molecule has 0 N–H and O–H groups in total. The molecule has 1 heterocycles. The van der Waals surface area contributed by atoms with E-state index in [9.17, 15) is 0 Å². The minimum atomic E-state index is 1.07. The second-order valence-electron chi connectivity index (χ2n) is 2.37. The minimum Gasteiger partial charge on any atom is -0.242 e. The Bertz CT molecular complexity index is 246. The Morgan fingerprint density at radius 1 is 1.64 bits per heavy atom. The second kappa shape index (κ2) is 3.19. The Kier molecular flexibility index (Phi) is 2.26. The van der Waals surface area contributed by atoms with Gasteiger partial charge in [0.25, 0.3) is 0 Å². The highest BCUT2D eigenvalue weighted by Gasteiger charge is 2.04. The SMILES string of the molecule is C=CN1N=CC(C)=C/C1=C/C. The van der Waals surface area contributed by atoms with Gasteiger partial charge in [-0.2, -0.15) is 5.10 Å². The quantitative estimate of drug-likeness (QED) is 0.557. The van der Waals surface area contributed by atoms with Crippen LogP contribution in [0.25, 0.3) is 0 Å². The summed E-state index contributed by atoms with van der Waals surface area (Å²) in [5.41, 5.74) is 2.23. The maximum Gasteiger partial charge on any atom is 0.0605 e. The number of allylic oxidation sites excluding steroid dienone is 3. The van der Waals surface area contributed by atoms with Crippen molar-refractivity contribution < 1.29 is 0 Å². The summed E-state index contributed by atoms with van der Waals surface area (Å²) < 4.78 is 0. The summed E-state index contributed by atoms with van der Waals surface area (Å²) in [5, 5.41) is 5.88. The molecule has 0 aliphatic carbocycles. The van der Waals surface area contributed by atoms with Crippen molar-refractivity contribution in [2.75, 3.05) is 0 Å². The van der Waals surface area contributed by atoms with Crippen LogP contribution in [0.3, 0.4) is 0 Å². The molecular formula is C9H12N2. The molecule has 0 bridgehead atoms. The standard InChI is InChI=1S/C9H12N2/c1-4-9-6-8(3)7-10-11(9)5-2/h4-7H,2H2,1,3H3/b9-4-. The molecule has 0 fully saturated rings. The summed E-state index contributed by atoms with van der Waals surface area (Å²) in [6, 6.07) is 0. The van der Waals surface area contributed by atoms with Crippen LogP contribution in [-0.4, -0.2) is 11.2 Å². The van der Waals surface area contributed by atoms with Gasteiger partial charge in [0.05, 0.1) is 11.9 Å². The molecule has 0 aromatic rings. The molecule has 0 aromatic heterocycles. The summed E-state index contributed by atoms with van der Waals surface area (Å²) in [6.45, 7) is 7.65. The molecule has 0 atom stereocenters. The first-order chi connectivity index (χ1) is 5.27. The summed E-state index contributed by atoms with van der Waals surface area (Å²) in [5.74, 6) is 0. The molecule has 2 heteroatoms. The van der Waals surface area contributed by atoms with Crippen molar-refractivity contribution in [3.8, 4) is 0 Å². The highest BCUT2D eigenvalue weighted by atomic mass is 15.4. The van der Waals surface area contributed by atoms with Gasteiger partial charge in [0, 0.05) is 6.20 Å². The lowest BCUT2D eigenvalue weighted by Gasteiger charge is -2.18. The van der Waals surface area contributed by atoms with Crippen LogP contribution < -0.4 is 0 Å². The highest BCUT2D eigenvalue weighted by molar-refractivity contribution is 5.79. The molecule has 11 heavy (non-hydrogen) atoms.